The predicted octanol–water partition coefficient (Wildman–Crippen LogP) is 4.10. The van der Waals surface area contributed by atoms with Gasteiger partial charge in [-0.2, -0.15) is 4.72 Å². The first-order valence-electron chi connectivity index (χ1n) is 12.5. The van der Waals surface area contributed by atoms with Gasteiger partial charge in [0.25, 0.3) is 0 Å². The molecule has 0 radical (unpaired) electrons. The fourth-order valence-electron chi connectivity index (χ4n) is 4.37. The van der Waals surface area contributed by atoms with E-state index in [0.717, 1.165) is 17.7 Å². The molecule has 1 unspecified atom stereocenters. The number of benzene rings is 3. The van der Waals surface area contributed by atoms with Gasteiger partial charge in [-0.15, -0.1) is 0 Å². The number of nitrogens with one attached hydrogen (secondary N) is 1. The van der Waals surface area contributed by atoms with E-state index >= 15 is 0 Å². The molecule has 3 aromatic rings. The number of carbonyl (C=O) groups excluding carboxylic acids is 1. The minimum atomic E-state index is -4.02. The Kier molecular flexibility index (Phi) is 9.58. The number of nitrogens with zero attached hydrogens (tertiary/aromatic N) is 2. The van der Waals surface area contributed by atoms with Crippen LogP contribution in [-0.2, 0) is 21.2 Å². The Bertz CT molecular complexity index is 1340. The van der Waals surface area contributed by atoms with Crippen molar-refractivity contribution in [2.45, 2.75) is 17.4 Å². The lowest BCUT2D eigenvalue weighted by atomic mass is 10.1. The maximum atomic E-state index is 13.6. The molecule has 3 aromatic carbocycles. The van der Waals surface area contributed by atoms with E-state index in [-0.39, 0.29) is 22.2 Å². The van der Waals surface area contributed by atoms with Crippen LogP contribution in [0.5, 0.6) is 5.75 Å². The zero-order valence-electron chi connectivity index (χ0n) is 21.3. The van der Waals surface area contributed by atoms with Crippen LogP contribution in [-0.4, -0.2) is 70.0 Å². The maximum absolute atomic E-state index is 13.6. The molecule has 0 aliphatic carbocycles. The number of carbonyl (C=O) groups is 1. The van der Waals surface area contributed by atoms with Crippen LogP contribution >= 0.6 is 11.6 Å². The quantitative estimate of drug-likeness (QED) is 0.409. The summed E-state index contributed by atoms with van der Waals surface area (Å²) >= 11 is 6.17. The second kappa shape index (κ2) is 13.1. The van der Waals surface area contributed by atoms with Gasteiger partial charge >= 0.3 is 0 Å². The van der Waals surface area contributed by atoms with Gasteiger partial charge in [-0.25, -0.2) is 8.42 Å². The highest BCUT2D eigenvalue weighted by Gasteiger charge is 2.31. The molecule has 1 amide bonds. The number of rotatable bonds is 10. The fraction of sp³-hybridized carbons (Fsp3) is 0.276. The van der Waals surface area contributed by atoms with Gasteiger partial charge in [-0.3, -0.25) is 9.69 Å². The smallest absolute Gasteiger partial charge is 0.241 e. The minimum absolute atomic E-state index is 0.0239. The Morgan fingerprint density at radius 2 is 1.66 bits per heavy atom. The third kappa shape index (κ3) is 7.45. The Hall–Kier alpha value is -3.17. The molecule has 7 nitrogen and oxygen atoms in total. The molecule has 200 valence electrons. The van der Waals surface area contributed by atoms with E-state index in [1.807, 2.05) is 48.5 Å². The Morgan fingerprint density at radius 1 is 1.00 bits per heavy atom. The van der Waals surface area contributed by atoms with Gasteiger partial charge in [-0.1, -0.05) is 84.4 Å². The van der Waals surface area contributed by atoms with E-state index in [1.54, 1.807) is 4.90 Å². The number of hydrogen-bond acceptors (Lipinski definition) is 5. The molecule has 0 spiro atoms. The van der Waals surface area contributed by atoms with Crippen molar-refractivity contribution in [3.05, 3.63) is 101 Å². The first kappa shape index (κ1) is 27.9. The lowest BCUT2D eigenvalue weighted by Crippen LogP contribution is -2.55. The summed E-state index contributed by atoms with van der Waals surface area (Å²) in [5.74, 6) is 0.135. The number of methoxy groups -OCH3 is 1. The van der Waals surface area contributed by atoms with E-state index in [9.17, 15) is 13.2 Å². The number of hydrogen-bond donors (Lipinski definition) is 1. The summed E-state index contributed by atoms with van der Waals surface area (Å²) in [4.78, 5) is 17.6. The van der Waals surface area contributed by atoms with Crippen molar-refractivity contribution >= 4 is 33.6 Å². The Labute approximate surface area is 229 Å². The van der Waals surface area contributed by atoms with Crippen molar-refractivity contribution in [3.8, 4) is 5.75 Å². The van der Waals surface area contributed by atoms with Crippen LogP contribution in [0.1, 0.15) is 11.1 Å². The van der Waals surface area contributed by atoms with Crippen LogP contribution in [0.4, 0.5) is 0 Å². The molecular weight excluding hydrogens is 522 g/mol. The average molecular weight is 554 g/mol. The summed E-state index contributed by atoms with van der Waals surface area (Å²) in [7, 11) is -2.56. The number of amides is 1. The summed E-state index contributed by atoms with van der Waals surface area (Å²) < 4.78 is 34.3. The maximum Gasteiger partial charge on any atom is 0.241 e. The number of piperazine rings is 1. The van der Waals surface area contributed by atoms with E-state index in [2.05, 4.69) is 33.9 Å². The first-order valence-corrected chi connectivity index (χ1v) is 14.3. The monoisotopic (exact) mass is 553 g/mol. The molecule has 1 fully saturated rings. The first-order chi connectivity index (χ1) is 18.4. The van der Waals surface area contributed by atoms with Crippen LogP contribution in [0.15, 0.2) is 89.8 Å². The summed E-state index contributed by atoms with van der Waals surface area (Å²) in [6.45, 7) is 3.27. The van der Waals surface area contributed by atoms with E-state index < -0.39 is 16.1 Å². The normalized spacial score (nSPS) is 15.5. The van der Waals surface area contributed by atoms with Gasteiger partial charge in [0, 0.05) is 32.7 Å². The van der Waals surface area contributed by atoms with Crippen LogP contribution in [0.2, 0.25) is 5.02 Å². The van der Waals surface area contributed by atoms with Gasteiger partial charge in [0.2, 0.25) is 15.9 Å². The predicted molar refractivity (Wildman–Crippen MR) is 151 cm³/mol. The molecular formula is C29H32ClN3O4S. The second-order valence-electron chi connectivity index (χ2n) is 9.10. The van der Waals surface area contributed by atoms with Crippen molar-refractivity contribution in [3.63, 3.8) is 0 Å². The van der Waals surface area contributed by atoms with Gasteiger partial charge in [0.05, 0.1) is 17.0 Å². The van der Waals surface area contributed by atoms with Crippen LogP contribution < -0.4 is 9.46 Å². The summed E-state index contributed by atoms with van der Waals surface area (Å²) in [6.07, 6.45) is 4.45. The van der Waals surface area contributed by atoms with Gasteiger partial charge in [0.15, 0.2) is 0 Å². The van der Waals surface area contributed by atoms with Gasteiger partial charge < -0.3 is 9.64 Å². The van der Waals surface area contributed by atoms with Gasteiger partial charge in [-0.05, 0) is 35.7 Å². The molecule has 1 heterocycles. The molecule has 38 heavy (non-hydrogen) atoms. The Balaban J connectivity index is 1.43. The van der Waals surface area contributed by atoms with Crippen molar-refractivity contribution in [2.24, 2.45) is 0 Å². The Morgan fingerprint density at radius 3 is 2.29 bits per heavy atom. The lowest BCUT2D eigenvalue weighted by Gasteiger charge is -2.36. The van der Waals surface area contributed by atoms with Crippen molar-refractivity contribution in [1.82, 2.24) is 14.5 Å². The molecule has 0 saturated carbocycles. The van der Waals surface area contributed by atoms with Crippen molar-refractivity contribution in [2.75, 3.05) is 39.8 Å². The van der Waals surface area contributed by atoms with Gasteiger partial charge in [0.1, 0.15) is 11.8 Å². The highest BCUT2D eigenvalue weighted by Crippen LogP contribution is 2.27. The standard InChI is InChI=1S/C29H32ClN3O4S/c1-37-28-15-14-25(22-26(28)30)38(35,36)31-27(21-24-11-6-3-7-12-24)29(34)33-19-17-32(18-20-33)16-8-13-23-9-4-2-5-10-23/h2-15,22,27,31H,16-21H2,1H3/b13-8+. The third-order valence-corrected chi connectivity index (χ3v) is 8.23. The minimum Gasteiger partial charge on any atom is -0.495 e. The molecule has 1 aliphatic rings. The zero-order valence-corrected chi connectivity index (χ0v) is 22.9. The van der Waals surface area contributed by atoms with E-state index in [0.29, 0.717) is 31.9 Å². The van der Waals surface area contributed by atoms with Crippen molar-refractivity contribution < 1.29 is 17.9 Å². The summed E-state index contributed by atoms with van der Waals surface area (Å²) in [6, 6.07) is 22.8. The molecule has 9 heteroatoms. The molecule has 0 aromatic heterocycles. The molecule has 1 N–H and O–H groups in total. The average Bonchev–Trinajstić information content (AvgIpc) is 2.94. The SMILES string of the molecule is COc1ccc(S(=O)(=O)NC(Cc2ccccc2)C(=O)N2CCN(C/C=C/c3ccccc3)CC2)cc1Cl. The topological polar surface area (TPSA) is 78.9 Å². The van der Waals surface area contributed by atoms with Crippen LogP contribution in [0.25, 0.3) is 6.08 Å². The van der Waals surface area contributed by atoms with E-state index in [4.69, 9.17) is 16.3 Å². The number of halogens is 1. The summed E-state index contributed by atoms with van der Waals surface area (Å²) in [5.41, 5.74) is 2.02. The molecule has 1 atom stereocenters. The number of sulfonamides is 1. The highest BCUT2D eigenvalue weighted by molar-refractivity contribution is 7.89. The highest BCUT2D eigenvalue weighted by atomic mass is 35.5. The van der Waals surface area contributed by atoms with Crippen LogP contribution in [0, 0.1) is 0 Å². The van der Waals surface area contributed by atoms with Crippen LogP contribution in [0.3, 0.4) is 0 Å². The third-order valence-electron chi connectivity index (χ3n) is 6.47. The molecule has 1 aliphatic heterocycles. The lowest BCUT2D eigenvalue weighted by molar-refractivity contribution is -0.134. The van der Waals surface area contributed by atoms with E-state index in [1.165, 1.54) is 25.3 Å². The number of ether oxygens (including phenoxy) is 1. The second-order valence-corrected chi connectivity index (χ2v) is 11.2. The fourth-order valence-corrected chi connectivity index (χ4v) is 5.91. The molecule has 4 rings (SSSR count). The zero-order chi connectivity index (χ0) is 27.0. The summed E-state index contributed by atoms with van der Waals surface area (Å²) in [5, 5.41) is 0.179. The van der Waals surface area contributed by atoms with Crippen molar-refractivity contribution in [1.29, 1.82) is 0 Å². The molecule has 1 saturated heterocycles. The largest absolute Gasteiger partial charge is 0.495 e. The molecule has 0 bridgehead atoms.